The average molecular weight is 375 g/mol. The zero-order chi connectivity index (χ0) is 18.6. The summed E-state index contributed by atoms with van der Waals surface area (Å²) in [4.78, 5) is 0.216. The molecule has 0 radical (unpaired) electrons. The molecule has 0 atom stereocenters. The third-order valence-corrected chi connectivity index (χ3v) is 6.09. The van der Waals surface area contributed by atoms with Crippen molar-refractivity contribution >= 4 is 21.7 Å². The van der Waals surface area contributed by atoms with Crippen LogP contribution < -0.4 is 10.0 Å². The van der Waals surface area contributed by atoms with Gasteiger partial charge in [-0.25, -0.2) is 8.42 Å². The molecule has 0 unspecified atom stereocenters. The first-order valence-corrected chi connectivity index (χ1v) is 10.7. The van der Waals surface area contributed by atoms with Crippen molar-refractivity contribution in [1.29, 1.82) is 0 Å². The van der Waals surface area contributed by atoms with E-state index in [9.17, 15) is 8.42 Å². The number of anilines is 2. The van der Waals surface area contributed by atoms with Crippen LogP contribution in [0.25, 0.3) is 0 Å². The first-order chi connectivity index (χ1) is 12.4. The Morgan fingerprint density at radius 2 is 1.54 bits per heavy atom. The van der Waals surface area contributed by atoms with Gasteiger partial charge in [0.15, 0.2) is 5.82 Å². The Kier molecular flexibility index (Phi) is 5.76. The van der Waals surface area contributed by atoms with Crippen LogP contribution in [0.5, 0.6) is 0 Å². The second kappa shape index (κ2) is 8.03. The number of rotatable bonds is 6. The summed E-state index contributed by atoms with van der Waals surface area (Å²) in [5.74, 6) is 1.25. The summed E-state index contributed by atoms with van der Waals surface area (Å²) in [5.41, 5.74) is 1.10. The van der Waals surface area contributed by atoms with Gasteiger partial charge in [0.25, 0.3) is 10.0 Å². The molecule has 7 heteroatoms. The van der Waals surface area contributed by atoms with Crippen molar-refractivity contribution in [3.05, 3.63) is 42.0 Å². The second-order valence-electron chi connectivity index (χ2n) is 7.11. The Morgan fingerprint density at radius 3 is 2.12 bits per heavy atom. The van der Waals surface area contributed by atoms with E-state index in [1.54, 1.807) is 24.3 Å². The first-order valence-electron chi connectivity index (χ1n) is 9.17. The fourth-order valence-corrected chi connectivity index (χ4v) is 4.14. The van der Waals surface area contributed by atoms with Gasteiger partial charge >= 0.3 is 0 Å². The Hall–Kier alpha value is -2.15. The van der Waals surface area contributed by atoms with Gasteiger partial charge < -0.3 is 5.32 Å². The number of hydrogen-bond donors (Lipinski definition) is 2. The summed E-state index contributed by atoms with van der Waals surface area (Å²) < 4.78 is 27.5. The standard InChI is InChI=1S/C19H26N4O2S/c1-14(2)15-8-10-17(11-9-15)26(24,25)23-19-13-12-18(21-22-19)20-16-6-4-3-5-7-16/h8-14,16H,3-7H2,1-2H3,(H,20,21)(H,22,23). The first kappa shape index (κ1) is 18.6. The lowest BCUT2D eigenvalue weighted by Crippen LogP contribution is -2.23. The van der Waals surface area contributed by atoms with Crippen LogP contribution in [0.1, 0.15) is 57.4 Å². The SMILES string of the molecule is CC(C)c1ccc(S(=O)(=O)Nc2ccc(NC3CCCCC3)nn2)cc1. The van der Waals surface area contributed by atoms with E-state index >= 15 is 0 Å². The number of nitrogens with one attached hydrogen (secondary N) is 2. The molecule has 1 aromatic carbocycles. The lowest BCUT2D eigenvalue weighted by molar-refractivity contribution is 0.461. The average Bonchev–Trinajstić information content (AvgIpc) is 2.64. The molecule has 140 valence electrons. The van der Waals surface area contributed by atoms with Gasteiger partial charge in [-0.3, -0.25) is 4.72 Å². The molecule has 6 nitrogen and oxygen atoms in total. The van der Waals surface area contributed by atoms with Gasteiger partial charge in [0.05, 0.1) is 4.90 Å². The summed E-state index contributed by atoms with van der Waals surface area (Å²) in [6.07, 6.45) is 6.05. The van der Waals surface area contributed by atoms with E-state index in [1.165, 1.54) is 19.3 Å². The van der Waals surface area contributed by atoms with E-state index in [1.807, 2.05) is 12.1 Å². The summed E-state index contributed by atoms with van der Waals surface area (Å²) in [7, 11) is -3.67. The highest BCUT2D eigenvalue weighted by Crippen LogP contribution is 2.22. The zero-order valence-electron chi connectivity index (χ0n) is 15.3. The van der Waals surface area contributed by atoms with Crippen LogP contribution in [-0.4, -0.2) is 24.7 Å². The predicted octanol–water partition coefficient (Wildman–Crippen LogP) is 4.15. The molecule has 26 heavy (non-hydrogen) atoms. The minimum absolute atomic E-state index is 0.215. The van der Waals surface area contributed by atoms with Crippen molar-refractivity contribution in [2.24, 2.45) is 0 Å². The quantitative estimate of drug-likeness (QED) is 0.794. The van der Waals surface area contributed by atoms with Crippen LogP contribution in [-0.2, 0) is 10.0 Å². The largest absolute Gasteiger partial charge is 0.366 e. The van der Waals surface area contributed by atoms with Crippen LogP contribution in [0, 0.1) is 0 Å². The Labute approximate surface area is 155 Å². The minimum atomic E-state index is -3.67. The Bertz CT molecular complexity index is 812. The molecule has 1 aliphatic rings. The normalized spacial score (nSPS) is 15.8. The molecule has 0 amide bonds. The number of sulfonamides is 1. The van der Waals surface area contributed by atoms with E-state index in [0.29, 0.717) is 17.8 Å². The molecule has 1 fully saturated rings. The summed E-state index contributed by atoms with van der Waals surface area (Å²) in [6, 6.07) is 10.7. The fraction of sp³-hybridized carbons (Fsp3) is 0.474. The molecule has 0 spiro atoms. The zero-order valence-corrected chi connectivity index (χ0v) is 16.1. The van der Waals surface area contributed by atoms with Gasteiger partial charge in [0.1, 0.15) is 5.82 Å². The minimum Gasteiger partial charge on any atom is -0.366 e. The number of benzene rings is 1. The highest BCUT2D eigenvalue weighted by Gasteiger charge is 2.16. The smallest absolute Gasteiger partial charge is 0.263 e. The molecule has 2 N–H and O–H groups in total. The lowest BCUT2D eigenvalue weighted by atomic mass is 9.95. The highest BCUT2D eigenvalue weighted by atomic mass is 32.2. The van der Waals surface area contributed by atoms with E-state index < -0.39 is 10.0 Å². The molecule has 0 aliphatic heterocycles. The Balaban J connectivity index is 1.65. The van der Waals surface area contributed by atoms with Crippen LogP contribution in [0.3, 0.4) is 0 Å². The molecule has 3 rings (SSSR count). The summed E-state index contributed by atoms with van der Waals surface area (Å²) >= 11 is 0. The summed E-state index contributed by atoms with van der Waals surface area (Å²) in [5, 5.41) is 11.5. The molecule has 1 aromatic heterocycles. The van der Waals surface area contributed by atoms with Crippen molar-refractivity contribution in [2.75, 3.05) is 10.0 Å². The van der Waals surface area contributed by atoms with Crippen LogP contribution >= 0.6 is 0 Å². The van der Waals surface area contributed by atoms with Gasteiger partial charge in [-0.05, 0) is 48.6 Å². The maximum absolute atomic E-state index is 12.5. The van der Waals surface area contributed by atoms with Crippen molar-refractivity contribution < 1.29 is 8.42 Å². The molecular weight excluding hydrogens is 348 g/mol. The van der Waals surface area contributed by atoms with Gasteiger partial charge in [-0.2, -0.15) is 0 Å². The van der Waals surface area contributed by atoms with Gasteiger partial charge in [0.2, 0.25) is 0 Å². The van der Waals surface area contributed by atoms with Gasteiger partial charge in [-0.15, -0.1) is 10.2 Å². The molecule has 1 heterocycles. The van der Waals surface area contributed by atoms with E-state index in [-0.39, 0.29) is 10.7 Å². The third-order valence-electron chi connectivity index (χ3n) is 4.72. The number of aromatic nitrogens is 2. The van der Waals surface area contributed by atoms with E-state index in [0.717, 1.165) is 18.4 Å². The van der Waals surface area contributed by atoms with Crippen molar-refractivity contribution in [3.63, 3.8) is 0 Å². The topological polar surface area (TPSA) is 84.0 Å². The van der Waals surface area contributed by atoms with E-state index in [2.05, 4.69) is 34.1 Å². The monoisotopic (exact) mass is 374 g/mol. The van der Waals surface area contributed by atoms with E-state index in [4.69, 9.17) is 0 Å². The van der Waals surface area contributed by atoms with Crippen LogP contribution in [0.15, 0.2) is 41.3 Å². The van der Waals surface area contributed by atoms with Crippen molar-refractivity contribution in [1.82, 2.24) is 10.2 Å². The molecular formula is C19H26N4O2S. The van der Waals surface area contributed by atoms with Crippen molar-refractivity contribution in [3.8, 4) is 0 Å². The molecule has 0 saturated heterocycles. The highest BCUT2D eigenvalue weighted by molar-refractivity contribution is 7.92. The van der Waals surface area contributed by atoms with Crippen LogP contribution in [0.2, 0.25) is 0 Å². The number of nitrogens with zero attached hydrogens (tertiary/aromatic N) is 2. The maximum atomic E-state index is 12.5. The second-order valence-corrected chi connectivity index (χ2v) is 8.79. The van der Waals surface area contributed by atoms with Gasteiger partial charge in [0, 0.05) is 6.04 Å². The molecule has 1 aliphatic carbocycles. The number of hydrogen-bond acceptors (Lipinski definition) is 5. The lowest BCUT2D eigenvalue weighted by Gasteiger charge is -2.22. The Morgan fingerprint density at radius 1 is 0.923 bits per heavy atom. The maximum Gasteiger partial charge on any atom is 0.263 e. The van der Waals surface area contributed by atoms with Crippen molar-refractivity contribution in [2.45, 2.75) is 62.8 Å². The third kappa shape index (κ3) is 4.72. The van der Waals surface area contributed by atoms with Gasteiger partial charge in [-0.1, -0.05) is 45.2 Å². The predicted molar refractivity (Wildman–Crippen MR) is 104 cm³/mol. The molecule has 1 saturated carbocycles. The fourth-order valence-electron chi connectivity index (χ4n) is 3.15. The summed E-state index contributed by atoms with van der Waals surface area (Å²) in [6.45, 7) is 4.14. The molecule has 0 bridgehead atoms. The van der Waals surface area contributed by atoms with Crippen LogP contribution in [0.4, 0.5) is 11.6 Å². The molecule has 2 aromatic rings.